The first kappa shape index (κ1) is 14.7. The number of nitro groups is 1. The van der Waals surface area contributed by atoms with Gasteiger partial charge in [-0.05, 0) is 30.5 Å². The zero-order valence-electron chi connectivity index (χ0n) is 11.9. The van der Waals surface area contributed by atoms with Crippen molar-refractivity contribution in [3.05, 3.63) is 33.9 Å². The van der Waals surface area contributed by atoms with E-state index in [1.54, 1.807) is 19.2 Å². The van der Waals surface area contributed by atoms with Crippen LogP contribution in [0.1, 0.15) is 18.9 Å². The Morgan fingerprint density at radius 3 is 2.95 bits per heavy atom. The fourth-order valence-corrected chi connectivity index (χ4v) is 2.63. The standard InChI is InChI=1S/C14H21N3O3/c1-10-5-6-16(9-14(10)20-2)8-11-7-12(17(18)19)3-4-13(11)15/h3-4,7,10,14H,5-6,8-9,15H2,1-2H3. The molecule has 0 aliphatic carbocycles. The number of nitrogens with zero attached hydrogens (tertiary/aromatic N) is 2. The van der Waals surface area contributed by atoms with Gasteiger partial charge in [-0.1, -0.05) is 6.92 Å². The van der Waals surface area contributed by atoms with Gasteiger partial charge in [-0.3, -0.25) is 15.0 Å². The molecule has 2 rings (SSSR count). The number of methoxy groups -OCH3 is 1. The number of nitrogens with two attached hydrogens (primary N) is 1. The van der Waals surface area contributed by atoms with Crippen molar-refractivity contribution in [1.82, 2.24) is 4.90 Å². The predicted molar refractivity (Wildman–Crippen MR) is 77.4 cm³/mol. The van der Waals surface area contributed by atoms with Crippen LogP contribution in [0.15, 0.2) is 18.2 Å². The van der Waals surface area contributed by atoms with Gasteiger partial charge in [0.25, 0.3) is 5.69 Å². The van der Waals surface area contributed by atoms with Crippen molar-refractivity contribution in [1.29, 1.82) is 0 Å². The van der Waals surface area contributed by atoms with Gasteiger partial charge in [-0.15, -0.1) is 0 Å². The highest BCUT2D eigenvalue weighted by Crippen LogP contribution is 2.25. The summed E-state index contributed by atoms with van der Waals surface area (Å²) in [5.41, 5.74) is 7.42. The Morgan fingerprint density at radius 2 is 2.30 bits per heavy atom. The number of hydrogen-bond donors (Lipinski definition) is 1. The van der Waals surface area contributed by atoms with Gasteiger partial charge in [-0.25, -0.2) is 0 Å². The van der Waals surface area contributed by atoms with Crippen molar-refractivity contribution >= 4 is 11.4 Å². The molecule has 1 aromatic carbocycles. The van der Waals surface area contributed by atoms with Gasteiger partial charge in [0.05, 0.1) is 11.0 Å². The molecule has 1 saturated heterocycles. The summed E-state index contributed by atoms with van der Waals surface area (Å²) in [6.07, 6.45) is 1.27. The molecule has 0 bridgehead atoms. The van der Waals surface area contributed by atoms with Crippen LogP contribution in [0.3, 0.4) is 0 Å². The highest BCUT2D eigenvalue weighted by atomic mass is 16.6. The second-order valence-corrected chi connectivity index (χ2v) is 5.42. The molecular formula is C14H21N3O3. The van der Waals surface area contributed by atoms with Crippen LogP contribution in [-0.4, -0.2) is 36.1 Å². The first-order valence-electron chi connectivity index (χ1n) is 6.79. The zero-order valence-corrected chi connectivity index (χ0v) is 11.9. The lowest BCUT2D eigenvalue weighted by Gasteiger charge is -2.36. The first-order chi connectivity index (χ1) is 9.51. The average Bonchev–Trinajstić information content (AvgIpc) is 2.43. The predicted octanol–water partition coefficient (Wildman–Crippen LogP) is 2.03. The van der Waals surface area contributed by atoms with Crippen LogP contribution in [0, 0.1) is 16.0 Å². The first-order valence-corrected chi connectivity index (χ1v) is 6.79. The molecule has 1 aromatic rings. The molecule has 2 unspecified atom stereocenters. The normalized spacial score (nSPS) is 23.7. The van der Waals surface area contributed by atoms with Gasteiger partial charge < -0.3 is 10.5 Å². The van der Waals surface area contributed by atoms with Crippen LogP contribution in [0.5, 0.6) is 0 Å². The largest absolute Gasteiger partial charge is 0.398 e. The summed E-state index contributed by atoms with van der Waals surface area (Å²) in [4.78, 5) is 12.7. The average molecular weight is 279 g/mol. The Bertz CT molecular complexity index is 493. The SMILES string of the molecule is COC1CN(Cc2cc([N+](=O)[O-])ccc2N)CCC1C. The monoisotopic (exact) mass is 279 g/mol. The van der Waals surface area contributed by atoms with E-state index in [-0.39, 0.29) is 16.7 Å². The lowest BCUT2D eigenvalue weighted by Crippen LogP contribution is -2.43. The van der Waals surface area contributed by atoms with Gasteiger partial charge in [-0.2, -0.15) is 0 Å². The minimum absolute atomic E-state index is 0.0860. The molecule has 6 nitrogen and oxygen atoms in total. The Kier molecular flexibility index (Phi) is 4.57. The lowest BCUT2D eigenvalue weighted by molar-refractivity contribution is -0.384. The van der Waals surface area contributed by atoms with Crippen LogP contribution in [0.25, 0.3) is 0 Å². The minimum Gasteiger partial charge on any atom is -0.398 e. The van der Waals surface area contributed by atoms with Gasteiger partial charge in [0.1, 0.15) is 0 Å². The van der Waals surface area contributed by atoms with E-state index in [0.29, 0.717) is 18.2 Å². The summed E-state index contributed by atoms with van der Waals surface area (Å²) in [5.74, 6) is 0.540. The zero-order chi connectivity index (χ0) is 14.7. The molecule has 1 heterocycles. The fraction of sp³-hybridized carbons (Fsp3) is 0.571. The Hall–Kier alpha value is -1.66. The molecule has 1 aliphatic rings. The summed E-state index contributed by atoms with van der Waals surface area (Å²) in [6.45, 7) is 4.61. The van der Waals surface area contributed by atoms with E-state index in [1.165, 1.54) is 6.07 Å². The lowest BCUT2D eigenvalue weighted by atomic mass is 9.95. The van der Waals surface area contributed by atoms with E-state index in [2.05, 4.69) is 11.8 Å². The van der Waals surface area contributed by atoms with Gasteiger partial charge in [0, 0.05) is 38.0 Å². The summed E-state index contributed by atoms with van der Waals surface area (Å²) in [6, 6.07) is 4.61. The Balaban J connectivity index is 2.10. The van der Waals surface area contributed by atoms with E-state index in [1.807, 2.05) is 0 Å². The molecule has 2 N–H and O–H groups in total. The maximum Gasteiger partial charge on any atom is 0.269 e. The maximum absolute atomic E-state index is 10.8. The highest BCUT2D eigenvalue weighted by molar-refractivity contribution is 5.52. The van der Waals surface area contributed by atoms with Gasteiger partial charge in [0.15, 0.2) is 0 Å². The third kappa shape index (κ3) is 3.26. The number of nitro benzene ring substituents is 1. The van der Waals surface area contributed by atoms with Gasteiger partial charge >= 0.3 is 0 Å². The number of anilines is 1. The van der Waals surface area contributed by atoms with Crippen molar-refractivity contribution < 1.29 is 9.66 Å². The van der Waals surface area contributed by atoms with Crippen LogP contribution in [-0.2, 0) is 11.3 Å². The molecule has 0 radical (unpaired) electrons. The summed E-state index contributed by atoms with van der Waals surface area (Å²) in [7, 11) is 1.73. The number of hydrogen-bond acceptors (Lipinski definition) is 5. The quantitative estimate of drug-likeness (QED) is 0.518. The van der Waals surface area contributed by atoms with Gasteiger partial charge in [0.2, 0.25) is 0 Å². The number of nitrogen functional groups attached to an aromatic ring is 1. The number of ether oxygens (including phenoxy) is 1. The van der Waals surface area contributed by atoms with Crippen molar-refractivity contribution in [2.75, 3.05) is 25.9 Å². The van der Waals surface area contributed by atoms with Crippen LogP contribution >= 0.6 is 0 Å². The topological polar surface area (TPSA) is 81.6 Å². The van der Waals surface area contributed by atoms with Crippen LogP contribution in [0.4, 0.5) is 11.4 Å². The Labute approximate surface area is 118 Å². The third-order valence-corrected chi connectivity index (χ3v) is 4.01. The molecular weight excluding hydrogens is 258 g/mol. The molecule has 1 fully saturated rings. The molecule has 0 aromatic heterocycles. The fourth-order valence-electron chi connectivity index (χ4n) is 2.63. The van der Waals surface area contributed by atoms with Crippen molar-refractivity contribution in [2.45, 2.75) is 26.0 Å². The van der Waals surface area contributed by atoms with E-state index >= 15 is 0 Å². The number of non-ortho nitro benzene ring substituents is 1. The Morgan fingerprint density at radius 1 is 1.55 bits per heavy atom. The second kappa shape index (κ2) is 6.19. The minimum atomic E-state index is -0.390. The molecule has 6 heteroatoms. The number of likely N-dealkylation sites (tertiary alicyclic amines) is 1. The number of benzene rings is 1. The molecule has 1 aliphatic heterocycles. The van der Waals surface area contributed by atoms with E-state index in [0.717, 1.165) is 25.1 Å². The smallest absolute Gasteiger partial charge is 0.269 e. The van der Waals surface area contributed by atoms with Crippen LogP contribution in [0.2, 0.25) is 0 Å². The van der Waals surface area contributed by atoms with E-state index in [9.17, 15) is 10.1 Å². The van der Waals surface area contributed by atoms with E-state index < -0.39 is 0 Å². The van der Waals surface area contributed by atoms with Crippen LogP contribution < -0.4 is 5.73 Å². The highest BCUT2D eigenvalue weighted by Gasteiger charge is 2.26. The van der Waals surface area contributed by atoms with E-state index in [4.69, 9.17) is 10.5 Å². The molecule has 2 atom stereocenters. The van der Waals surface area contributed by atoms with Crippen molar-refractivity contribution in [3.63, 3.8) is 0 Å². The van der Waals surface area contributed by atoms with Crippen molar-refractivity contribution in [2.24, 2.45) is 5.92 Å². The number of piperidine rings is 1. The third-order valence-electron chi connectivity index (χ3n) is 4.01. The van der Waals surface area contributed by atoms with Crippen molar-refractivity contribution in [3.8, 4) is 0 Å². The summed E-state index contributed by atoms with van der Waals surface area (Å²) >= 11 is 0. The molecule has 0 amide bonds. The molecule has 0 saturated carbocycles. The molecule has 20 heavy (non-hydrogen) atoms. The summed E-state index contributed by atoms with van der Waals surface area (Å²) in [5, 5.41) is 10.8. The summed E-state index contributed by atoms with van der Waals surface area (Å²) < 4.78 is 5.48. The maximum atomic E-state index is 10.8. The number of rotatable bonds is 4. The second-order valence-electron chi connectivity index (χ2n) is 5.42. The molecule has 0 spiro atoms. The molecule has 110 valence electrons.